The van der Waals surface area contributed by atoms with Gasteiger partial charge in [-0.1, -0.05) is 12.8 Å². The van der Waals surface area contributed by atoms with Gasteiger partial charge in [0.2, 0.25) is 0 Å². The molecule has 0 bridgehead atoms. The number of aromatic nitrogens is 2. The number of rotatable bonds is 3. The van der Waals surface area contributed by atoms with E-state index in [2.05, 4.69) is 34.5 Å². The van der Waals surface area contributed by atoms with Gasteiger partial charge in [-0.2, -0.15) is 0 Å². The molecule has 0 saturated heterocycles. The van der Waals surface area contributed by atoms with Gasteiger partial charge in [0.15, 0.2) is 0 Å². The van der Waals surface area contributed by atoms with E-state index >= 15 is 0 Å². The second kappa shape index (κ2) is 4.15. The van der Waals surface area contributed by atoms with Crippen molar-refractivity contribution in [1.82, 2.24) is 15.3 Å². The minimum atomic E-state index is 0.339. The van der Waals surface area contributed by atoms with Crippen molar-refractivity contribution in [1.29, 1.82) is 0 Å². The van der Waals surface area contributed by atoms with Crippen LogP contribution in [0.4, 0.5) is 0 Å². The lowest BCUT2D eigenvalue weighted by Gasteiger charge is -2.25. The van der Waals surface area contributed by atoms with Crippen LogP contribution in [0.25, 0.3) is 11.0 Å². The third-order valence-electron chi connectivity index (χ3n) is 3.95. The SMILES string of the molecule is CC1(NCc2c[nH]c3ncccc23)CCCC1. The Kier molecular flexibility index (Phi) is 2.63. The smallest absolute Gasteiger partial charge is 0.137 e. The molecule has 0 unspecified atom stereocenters. The lowest BCUT2D eigenvalue weighted by Crippen LogP contribution is -2.38. The summed E-state index contributed by atoms with van der Waals surface area (Å²) in [7, 11) is 0. The number of hydrogen-bond acceptors (Lipinski definition) is 2. The number of nitrogens with zero attached hydrogens (tertiary/aromatic N) is 1. The molecule has 0 aliphatic heterocycles. The predicted molar refractivity (Wildman–Crippen MR) is 69.8 cm³/mol. The fourth-order valence-corrected chi connectivity index (χ4v) is 2.80. The molecule has 0 atom stereocenters. The van der Waals surface area contributed by atoms with Crippen LogP contribution in [-0.4, -0.2) is 15.5 Å². The zero-order valence-electron chi connectivity index (χ0n) is 10.3. The fourth-order valence-electron chi connectivity index (χ4n) is 2.80. The van der Waals surface area contributed by atoms with Gasteiger partial charge >= 0.3 is 0 Å². The Labute approximate surface area is 102 Å². The molecular formula is C14H19N3. The molecule has 90 valence electrons. The quantitative estimate of drug-likeness (QED) is 0.849. The molecule has 2 N–H and O–H groups in total. The Balaban J connectivity index is 1.76. The van der Waals surface area contributed by atoms with E-state index in [1.54, 1.807) is 0 Å². The zero-order chi connectivity index (χ0) is 11.7. The van der Waals surface area contributed by atoms with Crippen molar-refractivity contribution in [3.05, 3.63) is 30.1 Å². The minimum Gasteiger partial charge on any atom is -0.346 e. The largest absolute Gasteiger partial charge is 0.346 e. The van der Waals surface area contributed by atoms with E-state index in [0.717, 1.165) is 12.2 Å². The fraction of sp³-hybridized carbons (Fsp3) is 0.500. The van der Waals surface area contributed by atoms with Gasteiger partial charge in [-0.05, 0) is 37.5 Å². The molecule has 2 heterocycles. The highest BCUT2D eigenvalue weighted by atomic mass is 15.0. The molecule has 1 saturated carbocycles. The summed E-state index contributed by atoms with van der Waals surface area (Å²) in [5.74, 6) is 0. The van der Waals surface area contributed by atoms with Crippen molar-refractivity contribution < 1.29 is 0 Å². The van der Waals surface area contributed by atoms with Crippen LogP contribution < -0.4 is 5.32 Å². The van der Waals surface area contributed by atoms with Crippen LogP contribution in [0.1, 0.15) is 38.2 Å². The van der Waals surface area contributed by atoms with E-state index in [9.17, 15) is 0 Å². The average Bonchev–Trinajstić information content (AvgIpc) is 2.94. The molecule has 2 aromatic heterocycles. The Morgan fingerprint density at radius 2 is 2.24 bits per heavy atom. The van der Waals surface area contributed by atoms with E-state index in [4.69, 9.17) is 0 Å². The van der Waals surface area contributed by atoms with Crippen LogP contribution in [0.2, 0.25) is 0 Å². The van der Waals surface area contributed by atoms with Crippen molar-refractivity contribution in [3.63, 3.8) is 0 Å². The van der Waals surface area contributed by atoms with E-state index in [-0.39, 0.29) is 0 Å². The number of fused-ring (bicyclic) bond motifs is 1. The van der Waals surface area contributed by atoms with Crippen LogP contribution in [0.15, 0.2) is 24.5 Å². The topological polar surface area (TPSA) is 40.7 Å². The lowest BCUT2D eigenvalue weighted by molar-refractivity contribution is 0.363. The summed E-state index contributed by atoms with van der Waals surface area (Å²) in [5.41, 5.74) is 2.65. The van der Waals surface area contributed by atoms with Gasteiger partial charge in [-0.25, -0.2) is 4.98 Å². The van der Waals surface area contributed by atoms with Crippen LogP contribution in [0.3, 0.4) is 0 Å². The highest BCUT2D eigenvalue weighted by Gasteiger charge is 2.27. The minimum absolute atomic E-state index is 0.339. The van der Waals surface area contributed by atoms with Crippen LogP contribution >= 0.6 is 0 Å². The summed E-state index contributed by atoms with van der Waals surface area (Å²) >= 11 is 0. The molecule has 2 aromatic rings. The Hall–Kier alpha value is -1.35. The van der Waals surface area contributed by atoms with Crippen LogP contribution in [-0.2, 0) is 6.54 Å². The second-order valence-corrected chi connectivity index (χ2v) is 5.33. The summed E-state index contributed by atoms with van der Waals surface area (Å²) in [6.07, 6.45) is 9.22. The molecule has 1 fully saturated rings. The number of aromatic amines is 1. The summed E-state index contributed by atoms with van der Waals surface area (Å²) in [4.78, 5) is 7.54. The van der Waals surface area contributed by atoms with Gasteiger partial charge in [-0.15, -0.1) is 0 Å². The maximum absolute atomic E-state index is 4.32. The van der Waals surface area contributed by atoms with Crippen molar-refractivity contribution in [2.24, 2.45) is 0 Å². The molecule has 0 amide bonds. The number of nitrogens with one attached hydrogen (secondary N) is 2. The lowest BCUT2D eigenvalue weighted by atomic mass is 10.0. The van der Waals surface area contributed by atoms with E-state index in [0.29, 0.717) is 5.54 Å². The molecule has 0 radical (unpaired) electrons. The first-order valence-electron chi connectivity index (χ1n) is 6.43. The highest BCUT2D eigenvalue weighted by Crippen LogP contribution is 2.29. The Morgan fingerprint density at radius 3 is 3.06 bits per heavy atom. The van der Waals surface area contributed by atoms with E-state index < -0.39 is 0 Å². The maximum Gasteiger partial charge on any atom is 0.137 e. The molecule has 3 nitrogen and oxygen atoms in total. The van der Waals surface area contributed by atoms with Gasteiger partial charge in [0.25, 0.3) is 0 Å². The molecular weight excluding hydrogens is 210 g/mol. The molecule has 0 spiro atoms. The first-order valence-corrected chi connectivity index (χ1v) is 6.43. The zero-order valence-corrected chi connectivity index (χ0v) is 10.3. The van der Waals surface area contributed by atoms with Crippen molar-refractivity contribution in [2.75, 3.05) is 0 Å². The van der Waals surface area contributed by atoms with Gasteiger partial charge < -0.3 is 10.3 Å². The molecule has 17 heavy (non-hydrogen) atoms. The second-order valence-electron chi connectivity index (χ2n) is 5.33. The van der Waals surface area contributed by atoms with E-state index in [1.165, 1.54) is 36.6 Å². The molecule has 1 aliphatic rings. The molecule has 0 aromatic carbocycles. The summed E-state index contributed by atoms with van der Waals surface area (Å²) in [6.45, 7) is 3.27. The predicted octanol–water partition coefficient (Wildman–Crippen LogP) is 2.99. The summed E-state index contributed by atoms with van der Waals surface area (Å²) in [5, 5.41) is 4.94. The third kappa shape index (κ3) is 2.07. The van der Waals surface area contributed by atoms with Crippen molar-refractivity contribution >= 4 is 11.0 Å². The molecule has 1 aliphatic carbocycles. The summed E-state index contributed by atoms with van der Waals surface area (Å²) < 4.78 is 0. The number of hydrogen-bond donors (Lipinski definition) is 2. The molecule has 3 rings (SSSR count). The first-order chi connectivity index (χ1) is 8.27. The Bertz CT molecular complexity index is 509. The summed E-state index contributed by atoms with van der Waals surface area (Å²) in [6, 6.07) is 4.13. The monoisotopic (exact) mass is 229 g/mol. The standard InChI is InChI=1S/C14H19N3/c1-14(6-2-3-7-14)17-10-11-9-16-13-12(11)5-4-8-15-13/h4-5,8-9,17H,2-3,6-7,10H2,1H3,(H,15,16). The first kappa shape index (κ1) is 10.8. The molecule has 3 heteroatoms. The van der Waals surface area contributed by atoms with E-state index in [1.807, 2.05) is 12.3 Å². The van der Waals surface area contributed by atoms with Crippen molar-refractivity contribution in [2.45, 2.75) is 44.7 Å². The average molecular weight is 229 g/mol. The van der Waals surface area contributed by atoms with Gasteiger partial charge in [0.1, 0.15) is 5.65 Å². The number of H-pyrrole nitrogens is 1. The third-order valence-corrected chi connectivity index (χ3v) is 3.95. The van der Waals surface area contributed by atoms with Gasteiger partial charge in [0.05, 0.1) is 0 Å². The maximum atomic E-state index is 4.32. The van der Waals surface area contributed by atoms with Crippen LogP contribution in [0.5, 0.6) is 0 Å². The van der Waals surface area contributed by atoms with Crippen LogP contribution in [0, 0.1) is 0 Å². The number of pyridine rings is 1. The highest BCUT2D eigenvalue weighted by molar-refractivity contribution is 5.79. The van der Waals surface area contributed by atoms with Gasteiger partial charge in [-0.3, -0.25) is 0 Å². The van der Waals surface area contributed by atoms with Crippen molar-refractivity contribution in [3.8, 4) is 0 Å². The Morgan fingerprint density at radius 1 is 1.41 bits per heavy atom. The normalized spacial score (nSPS) is 18.9. The van der Waals surface area contributed by atoms with Gasteiger partial charge in [0, 0.05) is 29.9 Å².